The summed E-state index contributed by atoms with van der Waals surface area (Å²) in [5.41, 5.74) is 3.65. The Morgan fingerprint density at radius 2 is 1.48 bits per heavy atom. The van der Waals surface area contributed by atoms with E-state index in [-0.39, 0.29) is 29.8 Å². The largest absolute Gasteiger partial charge is 0.352 e. The lowest BCUT2D eigenvalue weighted by molar-refractivity contribution is -0.140. The molecule has 9 heteroatoms. The second-order valence-electron chi connectivity index (χ2n) is 12.0. The van der Waals surface area contributed by atoms with E-state index in [9.17, 15) is 18.0 Å². The molecule has 1 N–H and O–H groups in total. The van der Waals surface area contributed by atoms with Crippen molar-refractivity contribution in [3.8, 4) is 0 Å². The van der Waals surface area contributed by atoms with E-state index in [0.29, 0.717) is 16.3 Å². The van der Waals surface area contributed by atoms with E-state index in [0.717, 1.165) is 42.4 Å². The van der Waals surface area contributed by atoms with Crippen LogP contribution in [0.5, 0.6) is 0 Å². The molecule has 1 saturated carbocycles. The first-order chi connectivity index (χ1) is 22.1. The Hall–Kier alpha value is -4.14. The predicted molar refractivity (Wildman–Crippen MR) is 183 cm³/mol. The van der Waals surface area contributed by atoms with E-state index < -0.39 is 28.5 Å². The van der Waals surface area contributed by atoms with E-state index in [4.69, 9.17) is 11.6 Å². The van der Waals surface area contributed by atoms with Gasteiger partial charge in [-0.15, -0.1) is 0 Å². The Morgan fingerprint density at radius 3 is 2.13 bits per heavy atom. The van der Waals surface area contributed by atoms with Crippen LogP contribution in [0.4, 0.5) is 5.69 Å². The number of nitrogens with one attached hydrogen (secondary N) is 1. The number of carbonyl (C=O) groups is 2. The highest BCUT2D eigenvalue weighted by Crippen LogP contribution is 2.29. The summed E-state index contributed by atoms with van der Waals surface area (Å²) < 4.78 is 29.6. The monoisotopic (exact) mass is 657 g/mol. The molecule has 0 aromatic heterocycles. The summed E-state index contributed by atoms with van der Waals surface area (Å²) in [4.78, 5) is 30.4. The normalized spacial score (nSPS) is 14.1. The van der Waals surface area contributed by atoms with Crippen LogP contribution in [0.15, 0.2) is 108 Å². The summed E-state index contributed by atoms with van der Waals surface area (Å²) in [6.07, 6.45) is 4.15. The van der Waals surface area contributed by atoms with E-state index in [2.05, 4.69) is 5.32 Å². The van der Waals surface area contributed by atoms with Gasteiger partial charge < -0.3 is 10.2 Å². The molecule has 1 atom stereocenters. The van der Waals surface area contributed by atoms with Crippen molar-refractivity contribution in [3.05, 3.63) is 130 Å². The molecule has 1 aliphatic rings. The van der Waals surface area contributed by atoms with Crippen molar-refractivity contribution in [3.63, 3.8) is 0 Å². The third-order valence-electron chi connectivity index (χ3n) is 8.48. The molecular formula is C37H40ClN3O4S. The lowest BCUT2D eigenvalue weighted by Crippen LogP contribution is -2.54. The molecule has 7 nitrogen and oxygen atoms in total. The average Bonchev–Trinajstić information content (AvgIpc) is 3.57. The van der Waals surface area contributed by atoms with Crippen molar-refractivity contribution in [2.24, 2.45) is 0 Å². The van der Waals surface area contributed by atoms with Crippen LogP contribution in [0, 0.1) is 13.8 Å². The van der Waals surface area contributed by atoms with Gasteiger partial charge in [0.1, 0.15) is 12.6 Å². The Labute approximate surface area is 277 Å². The number of hydrogen-bond acceptors (Lipinski definition) is 4. The Bertz CT molecular complexity index is 1740. The zero-order valence-electron chi connectivity index (χ0n) is 26.2. The summed E-state index contributed by atoms with van der Waals surface area (Å²) >= 11 is 6.18. The second kappa shape index (κ2) is 15.0. The van der Waals surface area contributed by atoms with Gasteiger partial charge in [-0.05, 0) is 79.3 Å². The van der Waals surface area contributed by atoms with Gasteiger partial charge in [0.25, 0.3) is 10.0 Å². The Balaban J connectivity index is 1.58. The third kappa shape index (κ3) is 8.17. The van der Waals surface area contributed by atoms with Crippen LogP contribution in [0.2, 0.25) is 5.02 Å². The molecule has 46 heavy (non-hydrogen) atoms. The fraction of sp³-hybridized carbons (Fsp3) is 0.297. The van der Waals surface area contributed by atoms with Crippen molar-refractivity contribution in [1.82, 2.24) is 10.2 Å². The Kier molecular flexibility index (Phi) is 10.8. The van der Waals surface area contributed by atoms with E-state index in [1.807, 2.05) is 68.4 Å². The Morgan fingerprint density at radius 1 is 0.848 bits per heavy atom. The van der Waals surface area contributed by atoms with Gasteiger partial charge in [0.15, 0.2) is 0 Å². The van der Waals surface area contributed by atoms with Crippen LogP contribution < -0.4 is 9.62 Å². The number of anilines is 1. The van der Waals surface area contributed by atoms with Crippen LogP contribution in [-0.2, 0) is 32.6 Å². The van der Waals surface area contributed by atoms with Crippen molar-refractivity contribution in [2.45, 2.75) is 69.5 Å². The van der Waals surface area contributed by atoms with E-state index in [1.54, 1.807) is 36.4 Å². The smallest absolute Gasteiger partial charge is 0.264 e. The topological polar surface area (TPSA) is 86.8 Å². The maximum atomic E-state index is 14.7. The quantitative estimate of drug-likeness (QED) is 0.181. The molecule has 4 aromatic carbocycles. The number of rotatable bonds is 12. The highest BCUT2D eigenvalue weighted by molar-refractivity contribution is 7.92. The fourth-order valence-electron chi connectivity index (χ4n) is 5.93. The average molecular weight is 658 g/mol. The molecule has 240 valence electrons. The molecule has 5 rings (SSSR count). The number of benzene rings is 4. The third-order valence-corrected chi connectivity index (χ3v) is 10.5. The summed E-state index contributed by atoms with van der Waals surface area (Å²) in [7, 11) is -4.16. The number of carbonyl (C=O) groups excluding carboxylic acids is 2. The predicted octanol–water partition coefficient (Wildman–Crippen LogP) is 6.85. The van der Waals surface area contributed by atoms with Gasteiger partial charge in [0, 0.05) is 24.0 Å². The zero-order valence-corrected chi connectivity index (χ0v) is 27.8. The van der Waals surface area contributed by atoms with Crippen LogP contribution in [0.25, 0.3) is 0 Å². The minimum Gasteiger partial charge on any atom is -0.352 e. The lowest BCUT2D eigenvalue weighted by atomic mass is 10.0. The standard InChI is InChI=1S/C37H40ClN3O4S/c1-27-17-18-28(2)34(23-27)41(46(44,45)33-15-7-4-8-16-33)26-36(42)40(25-30-19-21-31(38)22-20-30)35(24-29-11-5-3-6-12-29)37(43)39-32-13-9-10-14-32/h3-8,11-12,15-23,32,35H,9-10,13-14,24-26H2,1-2H3,(H,39,43)/t35-/m0/s1. The number of aryl methyl sites for hydroxylation is 2. The first kappa shape index (κ1) is 33.2. The lowest BCUT2D eigenvalue weighted by Gasteiger charge is -2.34. The second-order valence-corrected chi connectivity index (χ2v) is 14.3. The molecule has 0 spiro atoms. The highest BCUT2D eigenvalue weighted by atomic mass is 35.5. The van der Waals surface area contributed by atoms with Gasteiger partial charge in [0.2, 0.25) is 11.8 Å². The summed E-state index contributed by atoms with van der Waals surface area (Å²) in [6.45, 7) is 3.31. The maximum Gasteiger partial charge on any atom is 0.264 e. The first-order valence-corrected chi connectivity index (χ1v) is 17.5. The van der Waals surface area contributed by atoms with Crippen LogP contribution >= 0.6 is 11.6 Å². The van der Waals surface area contributed by atoms with E-state index in [1.165, 1.54) is 21.3 Å². The molecule has 1 aliphatic carbocycles. The minimum atomic E-state index is -4.16. The van der Waals surface area contributed by atoms with Gasteiger partial charge in [0.05, 0.1) is 10.6 Å². The summed E-state index contributed by atoms with van der Waals surface area (Å²) in [6, 6.07) is 29.5. The highest BCUT2D eigenvalue weighted by Gasteiger charge is 2.36. The van der Waals surface area contributed by atoms with Crippen LogP contribution in [-0.4, -0.2) is 43.8 Å². The molecule has 2 amide bonds. The van der Waals surface area contributed by atoms with Crippen molar-refractivity contribution in [1.29, 1.82) is 0 Å². The summed E-state index contributed by atoms with van der Waals surface area (Å²) in [5, 5.41) is 3.75. The van der Waals surface area contributed by atoms with Gasteiger partial charge in [-0.25, -0.2) is 8.42 Å². The van der Waals surface area contributed by atoms with Gasteiger partial charge >= 0.3 is 0 Å². The maximum absolute atomic E-state index is 14.7. The van der Waals surface area contributed by atoms with Crippen LogP contribution in [0.1, 0.15) is 47.9 Å². The number of sulfonamides is 1. The molecule has 0 unspecified atom stereocenters. The van der Waals surface area contributed by atoms with E-state index >= 15 is 0 Å². The van der Waals surface area contributed by atoms with Gasteiger partial charge in [-0.2, -0.15) is 0 Å². The van der Waals surface area contributed by atoms with Crippen molar-refractivity contribution >= 4 is 39.1 Å². The van der Waals surface area contributed by atoms with Crippen molar-refractivity contribution in [2.75, 3.05) is 10.8 Å². The van der Waals surface area contributed by atoms with Gasteiger partial charge in [-0.3, -0.25) is 13.9 Å². The first-order valence-electron chi connectivity index (χ1n) is 15.6. The fourth-order valence-corrected chi connectivity index (χ4v) is 7.55. The van der Waals surface area contributed by atoms with Gasteiger partial charge in [-0.1, -0.05) is 97.2 Å². The number of nitrogens with zero attached hydrogens (tertiary/aromatic N) is 2. The molecule has 1 fully saturated rings. The van der Waals surface area contributed by atoms with Crippen LogP contribution in [0.3, 0.4) is 0 Å². The minimum absolute atomic E-state index is 0.0446. The number of halogens is 1. The molecule has 0 bridgehead atoms. The molecule has 4 aromatic rings. The zero-order chi connectivity index (χ0) is 32.7. The van der Waals surface area contributed by atoms with Crippen molar-refractivity contribution < 1.29 is 18.0 Å². The number of amides is 2. The number of hydrogen-bond donors (Lipinski definition) is 1. The summed E-state index contributed by atoms with van der Waals surface area (Å²) in [5.74, 6) is -0.736. The SMILES string of the molecule is Cc1ccc(C)c(N(CC(=O)N(Cc2ccc(Cl)cc2)[C@@H](Cc2ccccc2)C(=O)NC2CCCC2)S(=O)(=O)c2ccccc2)c1. The molecular weight excluding hydrogens is 618 g/mol. The molecule has 0 radical (unpaired) electrons. The molecule has 0 saturated heterocycles. The molecule has 0 aliphatic heterocycles. The molecule has 0 heterocycles.